The first kappa shape index (κ1) is 62.1. The van der Waals surface area contributed by atoms with Gasteiger partial charge in [0.25, 0.3) is 0 Å². The second-order valence-corrected chi connectivity index (χ2v) is 36.6. The van der Waals surface area contributed by atoms with Crippen LogP contribution in [0.15, 0.2) is 78.3 Å². The van der Waals surface area contributed by atoms with Gasteiger partial charge >= 0.3 is 0 Å². The van der Waals surface area contributed by atoms with Gasteiger partial charge in [-0.3, -0.25) is 9.59 Å². The topological polar surface area (TPSA) is 203 Å². The van der Waals surface area contributed by atoms with Gasteiger partial charge in [-0.1, -0.05) is 86.7 Å². The lowest BCUT2D eigenvalue weighted by atomic mass is 10.0. The molecule has 1 N–H and O–H groups in total. The number of carbonyl (C=O) groups excluding carboxylic acids is 2. The number of rotatable bonds is 21. The zero-order valence-corrected chi connectivity index (χ0v) is 51.7. The third kappa shape index (κ3) is 16.9. The highest BCUT2D eigenvalue weighted by molar-refractivity contribution is 7.90. The number of likely N-dealkylation sites (tertiary alicyclic amines) is 2. The molecule has 0 bridgehead atoms. The van der Waals surface area contributed by atoms with Gasteiger partial charge in [0, 0.05) is 85.5 Å². The number of halogens is 2. The number of benzene rings is 2. The van der Waals surface area contributed by atoms with Crippen LogP contribution in [0.3, 0.4) is 0 Å². The summed E-state index contributed by atoms with van der Waals surface area (Å²) >= 11 is 12.2. The summed E-state index contributed by atoms with van der Waals surface area (Å²) in [6.07, 6.45) is 4.56. The number of aliphatic hydroxyl groups excluding tert-OH is 1. The predicted molar refractivity (Wildman–Crippen MR) is 311 cm³/mol. The van der Waals surface area contributed by atoms with Crippen LogP contribution in [0.4, 0.5) is 0 Å². The first-order valence-electron chi connectivity index (χ1n) is 26.3. The van der Waals surface area contributed by atoms with Gasteiger partial charge in [-0.2, -0.15) is 4.98 Å². The smallest absolute Gasteiger partial charge is 0.242 e. The van der Waals surface area contributed by atoms with E-state index in [1.807, 2.05) is 76.7 Å². The molecule has 2 aliphatic rings. The van der Waals surface area contributed by atoms with Crippen molar-refractivity contribution in [3.8, 4) is 17.4 Å². The molecule has 2 fully saturated rings. The number of carbonyl (C=O) groups is 2. The number of hydrogen-bond acceptors (Lipinski definition) is 14. The van der Waals surface area contributed by atoms with Crippen LogP contribution in [0.25, 0.3) is 22.1 Å². The van der Waals surface area contributed by atoms with Gasteiger partial charge in [0.2, 0.25) is 17.7 Å². The third-order valence-corrected chi connectivity index (χ3v) is 18.8. The van der Waals surface area contributed by atoms with Crippen molar-refractivity contribution >= 4 is 83.1 Å². The van der Waals surface area contributed by atoms with E-state index in [2.05, 4.69) is 66.1 Å². The molecule has 78 heavy (non-hydrogen) atoms. The van der Waals surface area contributed by atoms with E-state index in [0.717, 1.165) is 46.5 Å². The molecule has 426 valence electrons. The summed E-state index contributed by atoms with van der Waals surface area (Å²) in [5.74, 6) is 2.33. The monoisotopic (exact) mass is 1170 g/mol. The van der Waals surface area contributed by atoms with E-state index in [0.29, 0.717) is 73.5 Å². The highest BCUT2D eigenvalue weighted by Gasteiger charge is 2.38. The lowest BCUT2D eigenvalue weighted by Crippen LogP contribution is -2.31. The molecular formula is C55H78Cl2N8O10SSi2. The van der Waals surface area contributed by atoms with Gasteiger partial charge < -0.3 is 47.7 Å². The summed E-state index contributed by atoms with van der Waals surface area (Å²) in [7, 11) is -2.56. The Bertz CT molecular complexity index is 3080. The van der Waals surface area contributed by atoms with Crippen LogP contribution < -0.4 is 14.2 Å². The summed E-state index contributed by atoms with van der Waals surface area (Å²) in [6.45, 7) is 24.8. The average molecular weight is 1170 g/mol. The van der Waals surface area contributed by atoms with E-state index in [4.69, 9.17) is 46.9 Å². The molecule has 18 nitrogen and oxygen atoms in total. The number of amides is 2. The maximum absolute atomic E-state index is 13.0. The molecule has 23 heteroatoms. The fourth-order valence-corrected chi connectivity index (χ4v) is 11.8. The molecular weight excluding hydrogens is 1090 g/mol. The van der Waals surface area contributed by atoms with Crippen molar-refractivity contribution in [2.24, 2.45) is 11.8 Å². The molecule has 0 saturated carbocycles. The van der Waals surface area contributed by atoms with Gasteiger partial charge in [-0.05, 0) is 75.2 Å². The SMILES string of the molecule is COc1ccc([C@@H](C)N2C[C@H]([C@@H](C)O)CC2=O)cc1.COc1ccc([C@@H](C)N2C[C@H]([C@@H](C)Oc3nc(Cl)cc4ncn(COCC[Si](C)(C)C)c34)CC2=O)cc1.C[Si](C)(C)CCOCn1cnc2cc(Cl)nc(S(C)(=O)=O)c21. The minimum atomic E-state index is -3.50. The van der Waals surface area contributed by atoms with E-state index in [1.165, 1.54) is 0 Å². The zero-order chi connectivity index (χ0) is 57.3. The Hall–Kier alpha value is -5.14. The van der Waals surface area contributed by atoms with E-state index in [1.54, 1.807) is 50.5 Å². The Morgan fingerprint density at radius 3 is 1.51 bits per heavy atom. The van der Waals surface area contributed by atoms with E-state index in [-0.39, 0.29) is 58.7 Å². The van der Waals surface area contributed by atoms with Crippen molar-refractivity contribution in [3.63, 3.8) is 0 Å². The summed E-state index contributed by atoms with van der Waals surface area (Å²) < 4.78 is 55.7. The van der Waals surface area contributed by atoms with Crippen LogP contribution in [0, 0.1) is 11.8 Å². The zero-order valence-electron chi connectivity index (χ0n) is 47.3. The number of aromatic nitrogens is 6. The minimum absolute atomic E-state index is 0.0217. The van der Waals surface area contributed by atoms with Crippen LogP contribution in [0.5, 0.6) is 17.4 Å². The molecule has 0 unspecified atom stereocenters. The molecule has 6 atom stereocenters. The highest BCUT2D eigenvalue weighted by Crippen LogP contribution is 2.35. The molecule has 4 aromatic heterocycles. The van der Waals surface area contributed by atoms with Crippen molar-refractivity contribution in [3.05, 3.63) is 94.8 Å². The van der Waals surface area contributed by atoms with Crippen molar-refractivity contribution in [1.82, 2.24) is 38.9 Å². The average Bonchev–Trinajstić information content (AvgIpc) is 4.19. The summed E-state index contributed by atoms with van der Waals surface area (Å²) in [6, 6.07) is 21.0. The number of ether oxygens (including phenoxy) is 5. The number of sulfone groups is 1. The molecule has 2 amide bonds. The fraction of sp³-hybridized carbons (Fsp3) is 0.527. The minimum Gasteiger partial charge on any atom is -0.497 e. The fourth-order valence-electron chi connectivity index (χ4n) is 8.98. The first-order chi connectivity index (χ1) is 36.7. The number of nitrogens with zero attached hydrogens (tertiary/aromatic N) is 8. The maximum Gasteiger partial charge on any atom is 0.242 e. The molecule has 2 aromatic carbocycles. The van der Waals surface area contributed by atoms with E-state index >= 15 is 0 Å². The van der Waals surface area contributed by atoms with Gasteiger partial charge in [0.05, 0.1) is 56.1 Å². The second-order valence-electron chi connectivity index (χ2n) is 22.6. The Labute approximate surface area is 471 Å². The molecule has 0 aliphatic carbocycles. The van der Waals surface area contributed by atoms with Crippen molar-refractivity contribution < 1.29 is 46.8 Å². The first-order valence-corrected chi connectivity index (χ1v) is 36.3. The molecule has 8 rings (SSSR count). The van der Waals surface area contributed by atoms with Crippen molar-refractivity contribution in [2.45, 2.75) is 135 Å². The van der Waals surface area contributed by atoms with Crippen LogP contribution in [-0.4, -0.2) is 139 Å². The van der Waals surface area contributed by atoms with E-state index < -0.39 is 32.1 Å². The number of aliphatic hydroxyl groups is 1. The lowest BCUT2D eigenvalue weighted by molar-refractivity contribution is -0.130. The largest absolute Gasteiger partial charge is 0.497 e. The molecule has 0 spiro atoms. The Kier molecular flexibility index (Phi) is 21.4. The van der Waals surface area contributed by atoms with E-state index in [9.17, 15) is 23.1 Å². The Balaban J connectivity index is 0.000000205. The quantitative estimate of drug-likeness (QED) is 0.0405. The van der Waals surface area contributed by atoms with Crippen molar-refractivity contribution in [2.75, 3.05) is 46.8 Å². The Morgan fingerprint density at radius 1 is 0.667 bits per heavy atom. The second kappa shape index (κ2) is 26.9. The number of hydrogen-bond donors (Lipinski definition) is 1. The van der Waals surface area contributed by atoms with Crippen LogP contribution >= 0.6 is 23.2 Å². The number of imidazole rings is 2. The molecule has 2 aliphatic heterocycles. The molecule has 6 aromatic rings. The van der Waals surface area contributed by atoms with Crippen LogP contribution in [-0.2, 0) is 42.4 Å². The molecule has 6 heterocycles. The standard InChI is InChI=1S/C27H37ClN4O4Si.C15H21NO3.C13H20ClN3O3SSi/c1-18(20-7-9-22(34-3)10-8-20)32-15-21(13-25(32)33)19(2)36-27-26-23(14-24(28)30-27)29-16-31(26)17-35-11-12-37(4,5)6;1-10(12-4-6-14(19-3)7-5-12)16-9-13(11(2)17)8-15(16)18;1-21(18,19)13-12-10(7-11(14)16-13)15-8-17(12)9-20-5-6-22(2,3)4/h7-10,14,16,18-19,21H,11-13,15,17H2,1-6H3;4-7,10-11,13,17H,8-9H2,1-3H3;7-8H,5-6,9H2,1-4H3/t18-,19-,21-;10-,11-,13-;/m11./s1. The number of pyridine rings is 2. The van der Waals surface area contributed by atoms with Gasteiger partial charge in [0.15, 0.2) is 14.9 Å². The predicted octanol–water partition coefficient (Wildman–Crippen LogP) is 10.6. The lowest BCUT2D eigenvalue weighted by Gasteiger charge is -2.26. The Morgan fingerprint density at radius 2 is 1.09 bits per heavy atom. The normalized spacial score (nSPS) is 17.6. The van der Waals surface area contributed by atoms with Crippen LogP contribution in [0.2, 0.25) is 61.7 Å². The molecule has 0 radical (unpaired) electrons. The molecule has 2 saturated heterocycles. The third-order valence-electron chi connectivity index (χ3n) is 14.0. The highest BCUT2D eigenvalue weighted by atomic mass is 35.5. The van der Waals surface area contributed by atoms with Crippen LogP contribution in [0.1, 0.15) is 63.7 Å². The number of fused-ring (bicyclic) bond motifs is 2. The summed E-state index contributed by atoms with van der Waals surface area (Å²) in [4.78, 5) is 45.8. The van der Waals surface area contributed by atoms with Gasteiger partial charge in [-0.25, -0.2) is 23.4 Å². The summed E-state index contributed by atoms with van der Waals surface area (Å²) in [5.41, 5.74) is 4.53. The van der Waals surface area contributed by atoms with Gasteiger partial charge in [-0.15, -0.1) is 0 Å². The maximum atomic E-state index is 13.0. The van der Waals surface area contributed by atoms with Gasteiger partial charge in [0.1, 0.15) is 52.4 Å². The summed E-state index contributed by atoms with van der Waals surface area (Å²) in [5, 5.41) is 9.97. The van der Waals surface area contributed by atoms with Crippen molar-refractivity contribution in [1.29, 1.82) is 0 Å². The number of methoxy groups -OCH3 is 2.